The number of aryl methyl sites for hydroxylation is 1. The Labute approximate surface area is 104 Å². The van der Waals surface area contributed by atoms with Gasteiger partial charge >= 0.3 is 0 Å². The zero-order valence-corrected chi connectivity index (χ0v) is 10.1. The van der Waals surface area contributed by atoms with E-state index in [1.807, 2.05) is 17.8 Å². The van der Waals surface area contributed by atoms with Crippen molar-refractivity contribution in [2.24, 2.45) is 7.05 Å². The number of nitrogens with one attached hydrogen (secondary N) is 1. The van der Waals surface area contributed by atoms with Gasteiger partial charge in [-0.1, -0.05) is 0 Å². The number of nitrogens with zero attached hydrogens (tertiary/aromatic N) is 4. The molecule has 0 amide bonds. The Balaban J connectivity index is 2.35. The van der Waals surface area contributed by atoms with Gasteiger partial charge in [0.2, 0.25) is 0 Å². The molecule has 2 aromatic heterocycles. The number of rotatable bonds is 4. The summed E-state index contributed by atoms with van der Waals surface area (Å²) in [5.74, 6) is 1.29. The van der Waals surface area contributed by atoms with Crippen LogP contribution in [-0.2, 0) is 13.5 Å². The first kappa shape index (κ1) is 12.0. The van der Waals surface area contributed by atoms with Gasteiger partial charge in [-0.3, -0.25) is 10.1 Å². The number of hydrogen-bond acceptors (Lipinski definition) is 5. The summed E-state index contributed by atoms with van der Waals surface area (Å²) in [4.78, 5) is 18.8. The van der Waals surface area contributed by atoms with Gasteiger partial charge < -0.3 is 9.88 Å². The van der Waals surface area contributed by atoms with E-state index in [4.69, 9.17) is 0 Å². The number of pyridine rings is 1. The molecule has 2 heterocycles. The van der Waals surface area contributed by atoms with Crippen LogP contribution < -0.4 is 5.32 Å². The lowest BCUT2D eigenvalue weighted by Crippen LogP contribution is -2.03. The van der Waals surface area contributed by atoms with Crippen molar-refractivity contribution in [2.75, 3.05) is 12.4 Å². The maximum Gasteiger partial charge on any atom is 0.274 e. The second-order valence-electron chi connectivity index (χ2n) is 3.84. The topological polar surface area (TPSA) is 85.9 Å². The zero-order chi connectivity index (χ0) is 13.1. The lowest BCUT2D eigenvalue weighted by atomic mass is 10.2. The van der Waals surface area contributed by atoms with Crippen molar-refractivity contribution >= 4 is 11.5 Å². The highest BCUT2D eigenvalue weighted by atomic mass is 16.6. The molecule has 0 saturated carbocycles. The van der Waals surface area contributed by atoms with Gasteiger partial charge in [0.25, 0.3) is 5.69 Å². The molecule has 2 rings (SSSR count). The first-order valence-electron chi connectivity index (χ1n) is 5.39. The van der Waals surface area contributed by atoms with Crippen molar-refractivity contribution in [2.45, 2.75) is 6.42 Å². The number of anilines is 1. The van der Waals surface area contributed by atoms with Crippen molar-refractivity contribution < 1.29 is 4.92 Å². The molecular formula is C11H13N5O2. The molecule has 0 aliphatic heterocycles. The minimum Gasteiger partial charge on any atom is -0.373 e. The molecule has 0 fully saturated rings. The fourth-order valence-electron chi connectivity index (χ4n) is 1.62. The average molecular weight is 247 g/mol. The Bertz CT molecular complexity index is 579. The SMILES string of the molecule is CNc1cc([N+](=O)[O-])cc(Cc2nccn2C)n1. The molecule has 94 valence electrons. The fourth-order valence-corrected chi connectivity index (χ4v) is 1.62. The van der Waals surface area contributed by atoms with Crippen LogP contribution in [0.5, 0.6) is 0 Å². The molecular weight excluding hydrogens is 234 g/mol. The second kappa shape index (κ2) is 4.82. The molecule has 0 unspecified atom stereocenters. The van der Waals surface area contributed by atoms with E-state index in [-0.39, 0.29) is 5.69 Å². The largest absolute Gasteiger partial charge is 0.373 e. The molecule has 7 heteroatoms. The third-order valence-electron chi connectivity index (χ3n) is 2.59. The van der Waals surface area contributed by atoms with E-state index < -0.39 is 4.92 Å². The smallest absolute Gasteiger partial charge is 0.274 e. The summed E-state index contributed by atoms with van der Waals surface area (Å²) in [5, 5.41) is 13.6. The highest BCUT2D eigenvalue weighted by molar-refractivity contribution is 5.46. The van der Waals surface area contributed by atoms with Crippen molar-refractivity contribution in [3.63, 3.8) is 0 Å². The lowest BCUT2D eigenvalue weighted by molar-refractivity contribution is -0.384. The zero-order valence-electron chi connectivity index (χ0n) is 10.1. The van der Waals surface area contributed by atoms with E-state index in [9.17, 15) is 10.1 Å². The molecule has 0 saturated heterocycles. The molecule has 1 N–H and O–H groups in total. The van der Waals surface area contributed by atoms with Crippen LogP contribution >= 0.6 is 0 Å². The standard InChI is InChI=1S/C11H13N5O2/c1-12-10-7-9(16(17)18)5-8(14-10)6-11-13-3-4-15(11)2/h3-5,7H,6H2,1-2H3,(H,12,14). The minimum atomic E-state index is -0.426. The summed E-state index contributed by atoms with van der Waals surface area (Å²) in [6, 6.07) is 2.87. The number of aromatic nitrogens is 3. The van der Waals surface area contributed by atoms with Gasteiger partial charge in [-0.05, 0) is 0 Å². The summed E-state index contributed by atoms with van der Waals surface area (Å²) in [6.07, 6.45) is 3.97. The normalized spacial score (nSPS) is 10.3. The highest BCUT2D eigenvalue weighted by Gasteiger charge is 2.12. The van der Waals surface area contributed by atoms with Gasteiger partial charge in [0.1, 0.15) is 11.6 Å². The van der Waals surface area contributed by atoms with Gasteiger partial charge in [-0.2, -0.15) is 0 Å². The van der Waals surface area contributed by atoms with Crippen molar-refractivity contribution in [1.29, 1.82) is 0 Å². The van der Waals surface area contributed by atoms with E-state index in [2.05, 4.69) is 15.3 Å². The lowest BCUT2D eigenvalue weighted by Gasteiger charge is -2.05. The molecule has 0 atom stereocenters. The van der Waals surface area contributed by atoms with Crippen LogP contribution in [0.3, 0.4) is 0 Å². The van der Waals surface area contributed by atoms with Crippen LogP contribution in [-0.4, -0.2) is 26.5 Å². The quantitative estimate of drug-likeness (QED) is 0.651. The number of imidazole rings is 1. The first-order valence-corrected chi connectivity index (χ1v) is 5.39. The minimum absolute atomic E-state index is 0.0264. The maximum atomic E-state index is 10.8. The van der Waals surface area contributed by atoms with E-state index in [1.54, 1.807) is 13.2 Å². The first-order chi connectivity index (χ1) is 8.60. The van der Waals surface area contributed by atoms with Crippen LogP contribution in [0.2, 0.25) is 0 Å². The van der Waals surface area contributed by atoms with Gasteiger partial charge in [-0.15, -0.1) is 0 Å². The molecule has 18 heavy (non-hydrogen) atoms. The summed E-state index contributed by atoms with van der Waals surface area (Å²) in [5.41, 5.74) is 0.640. The Morgan fingerprint density at radius 3 is 2.83 bits per heavy atom. The fraction of sp³-hybridized carbons (Fsp3) is 0.273. The Morgan fingerprint density at radius 1 is 1.50 bits per heavy atom. The number of hydrogen-bond donors (Lipinski definition) is 1. The Morgan fingerprint density at radius 2 is 2.28 bits per heavy atom. The summed E-state index contributed by atoms with van der Waals surface area (Å²) < 4.78 is 1.86. The van der Waals surface area contributed by atoms with Crippen LogP contribution in [0.15, 0.2) is 24.5 Å². The molecule has 7 nitrogen and oxygen atoms in total. The van der Waals surface area contributed by atoms with Crippen LogP contribution in [0.1, 0.15) is 11.5 Å². The van der Waals surface area contributed by atoms with E-state index in [1.165, 1.54) is 12.1 Å². The Hall–Kier alpha value is -2.44. The summed E-state index contributed by atoms with van der Waals surface area (Å²) in [6.45, 7) is 0. The van der Waals surface area contributed by atoms with Crippen molar-refractivity contribution in [3.8, 4) is 0 Å². The van der Waals surface area contributed by atoms with Gasteiger partial charge in [0.15, 0.2) is 0 Å². The van der Waals surface area contributed by atoms with Crippen molar-refractivity contribution in [1.82, 2.24) is 14.5 Å². The van der Waals surface area contributed by atoms with Gasteiger partial charge in [0, 0.05) is 39.0 Å². The second-order valence-corrected chi connectivity index (χ2v) is 3.84. The predicted molar refractivity (Wildman–Crippen MR) is 66.5 cm³/mol. The third kappa shape index (κ3) is 2.45. The van der Waals surface area contributed by atoms with E-state index in [0.717, 1.165) is 5.82 Å². The molecule has 2 aromatic rings. The van der Waals surface area contributed by atoms with Crippen LogP contribution in [0.4, 0.5) is 11.5 Å². The molecule has 0 aromatic carbocycles. The van der Waals surface area contributed by atoms with Crippen molar-refractivity contribution in [3.05, 3.63) is 46.2 Å². The van der Waals surface area contributed by atoms with E-state index >= 15 is 0 Å². The van der Waals surface area contributed by atoms with E-state index in [0.29, 0.717) is 17.9 Å². The monoisotopic (exact) mass is 247 g/mol. The summed E-state index contributed by atoms with van der Waals surface area (Å²) in [7, 11) is 3.55. The Kier molecular flexibility index (Phi) is 3.22. The third-order valence-corrected chi connectivity index (χ3v) is 2.59. The molecule has 0 aliphatic rings. The van der Waals surface area contributed by atoms with Gasteiger partial charge in [0.05, 0.1) is 16.7 Å². The molecule has 0 radical (unpaired) electrons. The van der Waals surface area contributed by atoms with Crippen LogP contribution in [0.25, 0.3) is 0 Å². The summed E-state index contributed by atoms with van der Waals surface area (Å²) >= 11 is 0. The average Bonchev–Trinajstić information content (AvgIpc) is 2.74. The molecule has 0 spiro atoms. The van der Waals surface area contributed by atoms with Gasteiger partial charge in [-0.25, -0.2) is 9.97 Å². The molecule has 0 aliphatic carbocycles. The highest BCUT2D eigenvalue weighted by Crippen LogP contribution is 2.18. The number of nitro groups is 1. The molecule has 0 bridgehead atoms. The maximum absolute atomic E-state index is 10.8. The van der Waals surface area contributed by atoms with Crippen LogP contribution in [0, 0.1) is 10.1 Å². The predicted octanol–water partition coefficient (Wildman–Crippen LogP) is 1.36.